The molecule has 2 atom stereocenters. The summed E-state index contributed by atoms with van der Waals surface area (Å²) < 4.78 is 5.41. The van der Waals surface area contributed by atoms with E-state index in [0.29, 0.717) is 30.1 Å². The van der Waals surface area contributed by atoms with Crippen LogP contribution in [0, 0.1) is 0 Å². The second-order valence-electron chi connectivity index (χ2n) is 6.51. The van der Waals surface area contributed by atoms with E-state index in [1.807, 2.05) is 55.6 Å². The van der Waals surface area contributed by atoms with Crippen molar-refractivity contribution in [1.29, 1.82) is 0 Å². The van der Waals surface area contributed by atoms with Gasteiger partial charge in [0.15, 0.2) is 5.82 Å². The molecule has 0 radical (unpaired) electrons. The highest BCUT2D eigenvalue weighted by Crippen LogP contribution is 2.18. The molecule has 2 aromatic carbocycles. The van der Waals surface area contributed by atoms with Crippen molar-refractivity contribution in [3.05, 3.63) is 83.5 Å². The van der Waals surface area contributed by atoms with Gasteiger partial charge in [-0.25, -0.2) is 0 Å². The summed E-state index contributed by atoms with van der Waals surface area (Å²) in [5, 5.41) is 10.3. The molecule has 0 saturated heterocycles. The smallest absolute Gasteiger partial charge is 0.251 e. The van der Waals surface area contributed by atoms with Crippen LogP contribution >= 0.6 is 0 Å². The number of benzene rings is 2. The number of rotatable bonds is 8. The van der Waals surface area contributed by atoms with Gasteiger partial charge in [-0.15, -0.1) is 0 Å². The summed E-state index contributed by atoms with van der Waals surface area (Å²) in [6, 6.07) is 19.0. The number of hydrogen-bond donors (Lipinski definition) is 2. The maximum absolute atomic E-state index is 12.6. The quantitative estimate of drug-likeness (QED) is 0.642. The molecule has 0 aliphatic carbocycles. The molecule has 0 saturated carbocycles. The molecule has 0 aliphatic rings. The zero-order valence-electron chi connectivity index (χ0n) is 15.6. The molecule has 27 heavy (non-hydrogen) atoms. The first-order valence-electron chi connectivity index (χ1n) is 9.05. The molecule has 6 heteroatoms. The van der Waals surface area contributed by atoms with E-state index in [-0.39, 0.29) is 18.0 Å². The number of nitrogens with zero attached hydrogens (tertiary/aromatic N) is 2. The average molecular weight is 364 g/mol. The van der Waals surface area contributed by atoms with E-state index >= 15 is 0 Å². The third-order valence-electron chi connectivity index (χ3n) is 4.41. The zero-order valence-corrected chi connectivity index (χ0v) is 15.6. The van der Waals surface area contributed by atoms with Crippen molar-refractivity contribution in [2.45, 2.75) is 31.8 Å². The van der Waals surface area contributed by atoms with Crippen molar-refractivity contribution in [2.24, 2.45) is 0 Å². The van der Waals surface area contributed by atoms with Crippen molar-refractivity contribution in [2.75, 3.05) is 7.05 Å². The van der Waals surface area contributed by atoms with Crippen LogP contribution in [0.1, 0.15) is 40.6 Å². The Bertz CT molecular complexity index is 849. The van der Waals surface area contributed by atoms with Gasteiger partial charge in [0, 0.05) is 18.0 Å². The Morgan fingerprint density at radius 1 is 1.04 bits per heavy atom. The standard InChI is InChI=1S/C21H24N4O2/c1-15(22-2)13-19-24-20(27-25-19)14-18(16-9-5-3-6-10-16)23-21(26)17-11-7-4-8-12-17/h3-12,15,18,22H,13-14H2,1-2H3,(H,23,26). The molecule has 0 aliphatic heterocycles. The summed E-state index contributed by atoms with van der Waals surface area (Å²) in [5.74, 6) is 1.04. The maximum atomic E-state index is 12.6. The minimum atomic E-state index is -0.256. The summed E-state index contributed by atoms with van der Waals surface area (Å²) in [4.78, 5) is 17.1. The highest BCUT2D eigenvalue weighted by atomic mass is 16.5. The van der Waals surface area contributed by atoms with Crippen LogP contribution < -0.4 is 10.6 Å². The monoisotopic (exact) mass is 364 g/mol. The van der Waals surface area contributed by atoms with Crippen molar-refractivity contribution in [3.63, 3.8) is 0 Å². The Balaban J connectivity index is 1.76. The highest BCUT2D eigenvalue weighted by molar-refractivity contribution is 5.94. The Hall–Kier alpha value is -2.99. The molecule has 1 aromatic heterocycles. The fourth-order valence-corrected chi connectivity index (χ4v) is 2.78. The normalized spacial score (nSPS) is 13.1. The summed E-state index contributed by atoms with van der Waals surface area (Å²) in [6.07, 6.45) is 1.12. The van der Waals surface area contributed by atoms with Crippen LogP contribution in [0.3, 0.4) is 0 Å². The number of amides is 1. The van der Waals surface area contributed by atoms with Crippen LogP contribution in [0.25, 0.3) is 0 Å². The molecule has 1 amide bonds. The van der Waals surface area contributed by atoms with Gasteiger partial charge in [-0.05, 0) is 31.7 Å². The third-order valence-corrected chi connectivity index (χ3v) is 4.41. The van der Waals surface area contributed by atoms with E-state index in [1.54, 1.807) is 12.1 Å². The van der Waals surface area contributed by atoms with Crippen LogP contribution in [0.4, 0.5) is 0 Å². The lowest BCUT2D eigenvalue weighted by Gasteiger charge is -2.17. The lowest BCUT2D eigenvalue weighted by molar-refractivity contribution is 0.0935. The van der Waals surface area contributed by atoms with Crippen molar-refractivity contribution < 1.29 is 9.32 Å². The topological polar surface area (TPSA) is 80.0 Å². The second-order valence-corrected chi connectivity index (χ2v) is 6.51. The summed E-state index contributed by atoms with van der Waals surface area (Å²) in [7, 11) is 1.90. The third kappa shape index (κ3) is 5.24. The summed E-state index contributed by atoms with van der Waals surface area (Å²) >= 11 is 0. The molecule has 140 valence electrons. The van der Waals surface area contributed by atoms with E-state index in [4.69, 9.17) is 4.52 Å². The predicted octanol–water partition coefficient (Wildman–Crippen LogP) is 2.93. The van der Waals surface area contributed by atoms with E-state index in [0.717, 1.165) is 5.56 Å². The van der Waals surface area contributed by atoms with E-state index in [9.17, 15) is 4.79 Å². The van der Waals surface area contributed by atoms with Gasteiger partial charge in [-0.3, -0.25) is 4.79 Å². The fourth-order valence-electron chi connectivity index (χ4n) is 2.78. The van der Waals surface area contributed by atoms with Gasteiger partial charge in [-0.2, -0.15) is 4.98 Å². The van der Waals surface area contributed by atoms with Crippen LogP contribution in [-0.4, -0.2) is 29.1 Å². The van der Waals surface area contributed by atoms with Gasteiger partial charge in [0.25, 0.3) is 5.91 Å². The second kappa shape index (κ2) is 9.09. The fraction of sp³-hybridized carbons (Fsp3) is 0.286. The van der Waals surface area contributed by atoms with Crippen molar-refractivity contribution in [1.82, 2.24) is 20.8 Å². The molecular formula is C21H24N4O2. The van der Waals surface area contributed by atoms with Gasteiger partial charge in [-0.1, -0.05) is 53.7 Å². The van der Waals surface area contributed by atoms with E-state index < -0.39 is 0 Å². The molecule has 3 aromatic rings. The van der Waals surface area contributed by atoms with Gasteiger partial charge in [0.1, 0.15) is 0 Å². The predicted molar refractivity (Wildman–Crippen MR) is 103 cm³/mol. The number of nitrogens with one attached hydrogen (secondary N) is 2. The van der Waals surface area contributed by atoms with Gasteiger partial charge >= 0.3 is 0 Å². The van der Waals surface area contributed by atoms with Crippen LogP contribution in [-0.2, 0) is 12.8 Å². The Morgan fingerprint density at radius 3 is 2.37 bits per heavy atom. The first-order valence-corrected chi connectivity index (χ1v) is 9.05. The molecule has 2 unspecified atom stereocenters. The molecule has 0 bridgehead atoms. The largest absolute Gasteiger partial charge is 0.345 e. The Labute approximate surface area is 159 Å². The molecule has 0 fully saturated rings. The SMILES string of the molecule is CNC(C)Cc1noc(CC(NC(=O)c2ccccc2)c2ccccc2)n1. The number of aromatic nitrogens is 2. The van der Waals surface area contributed by atoms with Gasteiger partial charge in [0.2, 0.25) is 5.89 Å². The maximum Gasteiger partial charge on any atom is 0.251 e. The van der Waals surface area contributed by atoms with E-state index in [2.05, 4.69) is 27.7 Å². The first-order chi connectivity index (χ1) is 13.2. The molecule has 6 nitrogen and oxygen atoms in total. The molecule has 0 spiro atoms. The molecule has 2 N–H and O–H groups in total. The molecular weight excluding hydrogens is 340 g/mol. The lowest BCUT2D eigenvalue weighted by atomic mass is 10.0. The summed E-state index contributed by atoms with van der Waals surface area (Å²) in [6.45, 7) is 2.06. The number of likely N-dealkylation sites (N-methyl/N-ethyl adjacent to an activating group) is 1. The van der Waals surface area contributed by atoms with E-state index in [1.165, 1.54) is 0 Å². The Morgan fingerprint density at radius 2 is 1.70 bits per heavy atom. The average Bonchev–Trinajstić information content (AvgIpc) is 3.15. The van der Waals surface area contributed by atoms with Crippen LogP contribution in [0.2, 0.25) is 0 Å². The minimum Gasteiger partial charge on any atom is -0.345 e. The first kappa shape index (κ1) is 18.8. The van der Waals surface area contributed by atoms with Crippen molar-refractivity contribution >= 4 is 5.91 Å². The van der Waals surface area contributed by atoms with Crippen LogP contribution in [0.15, 0.2) is 65.2 Å². The highest BCUT2D eigenvalue weighted by Gasteiger charge is 2.20. The Kier molecular flexibility index (Phi) is 6.33. The van der Waals surface area contributed by atoms with Gasteiger partial charge < -0.3 is 15.2 Å². The number of hydrogen-bond acceptors (Lipinski definition) is 5. The number of carbonyl (C=O) groups excluding carboxylic acids is 1. The number of carbonyl (C=O) groups is 1. The zero-order chi connectivity index (χ0) is 19.1. The minimum absolute atomic E-state index is 0.131. The molecule has 1 heterocycles. The van der Waals surface area contributed by atoms with Crippen LogP contribution in [0.5, 0.6) is 0 Å². The summed E-state index contributed by atoms with van der Waals surface area (Å²) in [5.41, 5.74) is 1.61. The van der Waals surface area contributed by atoms with Gasteiger partial charge in [0.05, 0.1) is 12.5 Å². The van der Waals surface area contributed by atoms with Crippen molar-refractivity contribution in [3.8, 4) is 0 Å². The lowest BCUT2D eigenvalue weighted by Crippen LogP contribution is -2.30. The molecule has 3 rings (SSSR count).